The van der Waals surface area contributed by atoms with Gasteiger partial charge in [-0.2, -0.15) is 0 Å². The van der Waals surface area contributed by atoms with E-state index in [1.54, 1.807) is 29.6 Å². The zero-order chi connectivity index (χ0) is 25.8. The van der Waals surface area contributed by atoms with Crippen LogP contribution in [0.25, 0.3) is 10.2 Å². The van der Waals surface area contributed by atoms with E-state index in [1.807, 2.05) is 12.1 Å². The SMILES string of the molecule is O=C(CCCn1c(=O)c2sccc2n(CC(=O)NCc2ccco2)c1=O)NCc1ccc2c(c1)OCO2. The molecule has 4 aromatic rings. The molecule has 12 heteroatoms. The van der Waals surface area contributed by atoms with Crippen molar-refractivity contribution in [1.29, 1.82) is 0 Å². The summed E-state index contributed by atoms with van der Waals surface area (Å²) in [5.41, 5.74) is 0.254. The van der Waals surface area contributed by atoms with E-state index in [-0.39, 0.29) is 51.1 Å². The lowest BCUT2D eigenvalue weighted by molar-refractivity contribution is -0.122. The lowest BCUT2D eigenvalue weighted by atomic mass is 10.2. The van der Waals surface area contributed by atoms with Crippen LogP contribution in [0.5, 0.6) is 11.5 Å². The second kappa shape index (κ2) is 10.7. The molecule has 0 saturated carbocycles. The lowest BCUT2D eigenvalue weighted by Crippen LogP contribution is -2.42. The number of nitrogens with zero attached hydrogens (tertiary/aromatic N) is 2. The van der Waals surface area contributed by atoms with Crippen LogP contribution in [0.1, 0.15) is 24.2 Å². The number of hydrogen-bond acceptors (Lipinski definition) is 8. The zero-order valence-corrected chi connectivity index (χ0v) is 20.5. The van der Waals surface area contributed by atoms with Crippen molar-refractivity contribution < 1.29 is 23.5 Å². The Morgan fingerprint density at radius 3 is 2.65 bits per heavy atom. The van der Waals surface area contributed by atoms with Crippen LogP contribution in [0.3, 0.4) is 0 Å². The largest absolute Gasteiger partial charge is 0.467 e. The maximum absolute atomic E-state index is 13.2. The molecule has 4 heterocycles. The Kier molecular flexibility index (Phi) is 7.08. The first-order valence-electron chi connectivity index (χ1n) is 11.6. The average Bonchev–Trinajstić information content (AvgIpc) is 3.67. The van der Waals surface area contributed by atoms with E-state index in [1.165, 1.54) is 22.2 Å². The topological polar surface area (TPSA) is 134 Å². The van der Waals surface area contributed by atoms with Crippen molar-refractivity contribution in [2.75, 3.05) is 6.79 Å². The van der Waals surface area contributed by atoms with Gasteiger partial charge in [0.05, 0.1) is 18.3 Å². The minimum Gasteiger partial charge on any atom is -0.467 e. The van der Waals surface area contributed by atoms with Gasteiger partial charge in [-0.25, -0.2) is 4.79 Å². The fraction of sp³-hybridized carbons (Fsp3) is 0.280. The van der Waals surface area contributed by atoms with Gasteiger partial charge in [-0.15, -0.1) is 11.3 Å². The van der Waals surface area contributed by atoms with Crippen LogP contribution in [0.2, 0.25) is 0 Å². The third-order valence-electron chi connectivity index (χ3n) is 5.89. The van der Waals surface area contributed by atoms with Gasteiger partial charge >= 0.3 is 5.69 Å². The number of nitrogens with one attached hydrogen (secondary N) is 2. The Hall–Kier alpha value is -4.32. The summed E-state index contributed by atoms with van der Waals surface area (Å²) in [5, 5.41) is 7.24. The molecule has 5 rings (SSSR count). The summed E-state index contributed by atoms with van der Waals surface area (Å²) in [6.07, 6.45) is 1.92. The third kappa shape index (κ3) is 5.43. The molecular formula is C25H24N4O7S. The number of carbonyl (C=O) groups excluding carboxylic acids is 2. The second-order valence-electron chi connectivity index (χ2n) is 8.38. The number of fused-ring (bicyclic) bond motifs is 2. The Bertz CT molecular complexity index is 1550. The van der Waals surface area contributed by atoms with Crippen LogP contribution in [0, 0.1) is 0 Å². The number of carbonyl (C=O) groups is 2. The van der Waals surface area contributed by atoms with E-state index < -0.39 is 11.2 Å². The van der Waals surface area contributed by atoms with Gasteiger partial charge in [-0.05, 0) is 47.7 Å². The van der Waals surface area contributed by atoms with Crippen molar-refractivity contribution in [3.05, 3.63) is 80.2 Å². The van der Waals surface area contributed by atoms with Gasteiger partial charge in [0.25, 0.3) is 5.56 Å². The highest BCUT2D eigenvalue weighted by atomic mass is 32.1. The van der Waals surface area contributed by atoms with Crippen molar-refractivity contribution in [3.8, 4) is 11.5 Å². The van der Waals surface area contributed by atoms with E-state index in [2.05, 4.69) is 10.6 Å². The van der Waals surface area contributed by atoms with E-state index in [4.69, 9.17) is 13.9 Å². The van der Waals surface area contributed by atoms with Crippen molar-refractivity contribution in [1.82, 2.24) is 19.8 Å². The molecular weight excluding hydrogens is 500 g/mol. The molecule has 0 fully saturated rings. The molecule has 1 aliphatic rings. The fourth-order valence-electron chi connectivity index (χ4n) is 4.02. The van der Waals surface area contributed by atoms with Crippen molar-refractivity contribution in [3.63, 3.8) is 0 Å². The van der Waals surface area contributed by atoms with Crippen LogP contribution < -0.4 is 31.4 Å². The van der Waals surface area contributed by atoms with E-state index in [0.717, 1.165) is 10.1 Å². The smallest absolute Gasteiger partial charge is 0.332 e. The highest BCUT2D eigenvalue weighted by molar-refractivity contribution is 7.17. The maximum Gasteiger partial charge on any atom is 0.332 e. The van der Waals surface area contributed by atoms with Gasteiger partial charge in [0.1, 0.15) is 17.0 Å². The summed E-state index contributed by atoms with van der Waals surface area (Å²) in [5.74, 6) is 1.30. The molecule has 37 heavy (non-hydrogen) atoms. The number of ether oxygens (including phenoxy) is 2. The fourth-order valence-corrected chi connectivity index (χ4v) is 4.86. The number of furan rings is 1. The van der Waals surface area contributed by atoms with Gasteiger partial charge < -0.3 is 24.5 Å². The molecule has 0 bridgehead atoms. The number of benzene rings is 1. The average molecular weight is 525 g/mol. The Labute approximate surface area is 214 Å². The summed E-state index contributed by atoms with van der Waals surface area (Å²) < 4.78 is 18.6. The highest BCUT2D eigenvalue weighted by Gasteiger charge is 2.17. The zero-order valence-electron chi connectivity index (χ0n) is 19.7. The Morgan fingerprint density at radius 2 is 1.81 bits per heavy atom. The van der Waals surface area contributed by atoms with E-state index >= 15 is 0 Å². The highest BCUT2D eigenvalue weighted by Crippen LogP contribution is 2.32. The van der Waals surface area contributed by atoms with Crippen molar-refractivity contribution in [2.45, 2.75) is 39.0 Å². The Balaban J connectivity index is 1.21. The summed E-state index contributed by atoms with van der Waals surface area (Å²) in [6.45, 7) is 0.490. The number of thiophene rings is 1. The van der Waals surface area contributed by atoms with Crippen molar-refractivity contribution in [2.24, 2.45) is 0 Å². The lowest BCUT2D eigenvalue weighted by Gasteiger charge is -2.12. The molecule has 2 N–H and O–H groups in total. The standard InChI is InChI=1S/C25H24N4O7S/c30-21(26-12-16-5-6-19-20(11-16)36-15-35-19)4-1-8-28-24(32)23-18(7-10-37-23)29(25(28)33)14-22(31)27-13-17-3-2-9-34-17/h2-3,5-7,9-11H,1,4,8,12-15H2,(H,26,30)(H,27,31). The molecule has 0 unspecified atom stereocenters. The van der Waals surface area contributed by atoms with E-state index in [9.17, 15) is 19.2 Å². The molecule has 0 spiro atoms. The van der Waals surface area contributed by atoms with Crippen molar-refractivity contribution >= 4 is 33.4 Å². The predicted octanol–water partition coefficient (Wildman–Crippen LogP) is 1.96. The number of hydrogen-bond donors (Lipinski definition) is 2. The molecule has 11 nitrogen and oxygen atoms in total. The van der Waals surface area contributed by atoms with Gasteiger partial charge in [0.2, 0.25) is 18.6 Å². The van der Waals surface area contributed by atoms with Gasteiger partial charge in [-0.3, -0.25) is 23.5 Å². The summed E-state index contributed by atoms with van der Waals surface area (Å²) in [7, 11) is 0. The second-order valence-corrected chi connectivity index (χ2v) is 9.30. The monoisotopic (exact) mass is 524 g/mol. The third-order valence-corrected chi connectivity index (χ3v) is 6.78. The number of rotatable bonds is 10. The molecule has 1 aromatic carbocycles. The minimum atomic E-state index is -0.593. The first-order chi connectivity index (χ1) is 18.0. The minimum absolute atomic E-state index is 0.0525. The quantitative estimate of drug-likeness (QED) is 0.324. The molecule has 0 atom stereocenters. The molecule has 0 aliphatic carbocycles. The molecule has 2 amide bonds. The molecule has 0 radical (unpaired) electrons. The maximum atomic E-state index is 13.2. The van der Waals surface area contributed by atoms with Gasteiger partial charge in [0.15, 0.2) is 11.5 Å². The van der Waals surface area contributed by atoms with Crippen LogP contribution in [0.4, 0.5) is 0 Å². The van der Waals surface area contributed by atoms with Crippen LogP contribution in [-0.4, -0.2) is 27.7 Å². The van der Waals surface area contributed by atoms with Gasteiger partial charge in [0, 0.05) is 19.5 Å². The molecule has 192 valence electrons. The van der Waals surface area contributed by atoms with Crippen LogP contribution >= 0.6 is 11.3 Å². The summed E-state index contributed by atoms with van der Waals surface area (Å²) in [4.78, 5) is 51.0. The predicted molar refractivity (Wildman–Crippen MR) is 135 cm³/mol. The van der Waals surface area contributed by atoms with Crippen LogP contribution in [-0.2, 0) is 35.8 Å². The van der Waals surface area contributed by atoms with Gasteiger partial charge in [-0.1, -0.05) is 6.07 Å². The molecule has 1 aliphatic heterocycles. The summed E-state index contributed by atoms with van der Waals surface area (Å²) >= 11 is 1.21. The first-order valence-corrected chi connectivity index (χ1v) is 12.5. The van der Waals surface area contributed by atoms with Crippen LogP contribution in [0.15, 0.2) is 62.0 Å². The molecule has 3 aromatic heterocycles. The Morgan fingerprint density at radius 1 is 0.973 bits per heavy atom. The number of amides is 2. The molecule has 0 saturated heterocycles. The first kappa shape index (κ1) is 24.4. The normalized spacial score (nSPS) is 12.1. The van der Waals surface area contributed by atoms with E-state index in [0.29, 0.717) is 34.0 Å². The number of aromatic nitrogens is 2. The summed E-state index contributed by atoms with van der Waals surface area (Å²) in [6, 6.07) is 10.5.